The normalized spacial score (nSPS) is 25.4. The Morgan fingerprint density at radius 1 is 0.966 bits per heavy atom. The Morgan fingerprint density at radius 2 is 1.59 bits per heavy atom. The zero-order chi connectivity index (χ0) is 20.2. The first-order valence-electron chi connectivity index (χ1n) is 9.28. The van der Waals surface area contributed by atoms with Gasteiger partial charge in [0.25, 0.3) is 0 Å². The molecule has 2 saturated heterocycles. The van der Waals surface area contributed by atoms with Gasteiger partial charge in [-0.25, -0.2) is 10.1 Å². The van der Waals surface area contributed by atoms with E-state index in [0.29, 0.717) is 18.8 Å². The van der Waals surface area contributed by atoms with Crippen LogP contribution in [0.2, 0.25) is 0 Å². The minimum Gasteiger partial charge on any atom is -0.497 e. The second kappa shape index (κ2) is 8.79. The van der Waals surface area contributed by atoms with Crippen LogP contribution in [0.4, 0.5) is 0 Å². The topological polar surface area (TPSA) is 92.7 Å². The van der Waals surface area contributed by atoms with Gasteiger partial charge in [0, 0.05) is 0 Å². The van der Waals surface area contributed by atoms with E-state index < -0.39 is 12.1 Å². The van der Waals surface area contributed by atoms with Gasteiger partial charge in [0.05, 0.1) is 32.5 Å². The third-order valence-electron chi connectivity index (χ3n) is 5.04. The predicted octanol–water partition coefficient (Wildman–Crippen LogP) is 2.46. The van der Waals surface area contributed by atoms with Crippen molar-refractivity contribution in [1.82, 2.24) is 0 Å². The third kappa shape index (κ3) is 4.35. The van der Waals surface area contributed by atoms with Gasteiger partial charge in [0.2, 0.25) is 0 Å². The van der Waals surface area contributed by atoms with Gasteiger partial charge < -0.3 is 28.6 Å². The van der Waals surface area contributed by atoms with Gasteiger partial charge in [0.1, 0.15) is 24.1 Å². The number of esters is 1. The molecule has 4 rings (SSSR count). The number of fused-ring (bicyclic) bond motifs is 1. The maximum Gasteiger partial charge on any atom is 0.338 e. The molecule has 8 heteroatoms. The molecule has 0 spiro atoms. The highest BCUT2D eigenvalue weighted by molar-refractivity contribution is 5.89. The number of carbonyl (C=O) groups is 1. The van der Waals surface area contributed by atoms with Gasteiger partial charge in [-0.15, -0.1) is 0 Å². The lowest BCUT2D eigenvalue weighted by molar-refractivity contribution is -0.137. The Balaban J connectivity index is 1.30. The summed E-state index contributed by atoms with van der Waals surface area (Å²) in [6, 6.07) is 13.6. The van der Waals surface area contributed by atoms with E-state index in [0.717, 1.165) is 11.3 Å². The number of hydrogen-bond acceptors (Lipinski definition) is 8. The maximum atomic E-state index is 12.4. The zero-order valence-electron chi connectivity index (χ0n) is 15.9. The molecule has 0 bridgehead atoms. The summed E-state index contributed by atoms with van der Waals surface area (Å²) in [5.41, 5.74) is 1.37. The molecule has 154 valence electrons. The van der Waals surface area contributed by atoms with Crippen LogP contribution in [0.3, 0.4) is 0 Å². The maximum absolute atomic E-state index is 12.4. The molecule has 2 aliphatic heterocycles. The summed E-state index contributed by atoms with van der Waals surface area (Å²) in [5, 5.41) is 8.60. The third-order valence-corrected chi connectivity index (χ3v) is 5.04. The molecule has 2 heterocycles. The van der Waals surface area contributed by atoms with Crippen molar-refractivity contribution >= 4 is 5.97 Å². The molecular weight excluding hydrogens is 380 g/mol. The fourth-order valence-electron chi connectivity index (χ4n) is 3.46. The lowest BCUT2D eigenvalue weighted by Gasteiger charge is -2.17. The van der Waals surface area contributed by atoms with Crippen molar-refractivity contribution in [2.75, 3.05) is 20.3 Å². The van der Waals surface area contributed by atoms with Crippen LogP contribution in [0.25, 0.3) is 0 Å². The van der Waals surface area contributed by atoms with E-state index in [2.05, 4.69) is 4.89 Å². The van der Waals surface area contributed by atoms with E-state index in [1.165, 1.54) is 24.3 Å². The first-order valence-corrected chi connectivity index (χ1v) is 9.28. The number of ether oxygens (including phenoxy) is 5. The first kappa shape index (κ1) is 19.7. The lowest BCUT2D eigenvalue weighted by atomic mass is 10.1. The Kier molecular flexibility index (Phi) is 5.96. The molecule has 0 radical (unpaired) electrons. The summed E-state index contributed by atoms with van der Waals surface area (Å²) in [5.74, 6) is 0.539. The number of hydrogen-bond donors (Lipinski definition) is 1. The monoisotopic (exact) mass is 402 g/mol. The smallest absolute Gasteiger partial charge is 0.338 e. The first-order chi connectivity index (χ1) is 14.2. The van der Waals surface area contributed by atoms with Gasteiger partial charge in [-0.05, 0) is 42.0 Å². The quantitative estimate of drug-likeness (QED) is 0.429. The van der Waals surface area contributed by atoms with Crippen LogP contribution in [-0.2, 0) is 25.6 Å². The van der Waals surface area contributed by atoms with Crippen LogP contribution < -0.4 is 9.62 Å². The van der Waals surface area contributed by atoms with Crippen LogP contribution in [0.5, 0.6) is 11.5 Å². The van der Waals surface area contributed by atoms with Crippen molar-refractivity contribution in [2.24, 2.45) is 0 Å². The van der Waals surface area contributed by atoms with E-state index in [9.17, 15) is 4.79 Å². The fourth-order valence-corrected chi connectivity index (χ4v) is 3.46. The summed E-state index contributed by atoms with van der Waals surface area (Å²) in [6.45, 7) is 1.05. The molecule has 8 nitrogen and oxygen atoms in total. The van der Waals surface area contributed by atoms with Crippen molar-refractivity contribution in [3.8, 4) is 11.5 Å². The Bertz CT molecular complexity index is 820. The molecule has 4 atom stereocenters. The van der Waals surface area contributed by atoms with Gasteiger partial charge in [0.15, 0.2) is 11.9 Å². The number of methoxy groups -OCH3 is 1. The zero-order valence-corrected chi connectivity index (χ0v) is 15.9. The number of benzene rings is 2. The molecule has 2 fully saturated rings. The molecule has 0 amide bonds. The molecule has 1 N–H and O–H groups in total. The molecule has 0 aromatic heterocycles. The van der Waals surface area contributed by atoms with Crippen LogP contribution in [0.1, 0.15) is 15.9 Å². The van der Waals surface area contributed by atoms with Crippen LogP contribution in [-0.4, -0.2) is 56.0 Å². The van der Waals surface area contributed by atoms with Crippen LogP contribution in [0.15, 0.2) is 48.5 Å². The largest absolute Gasteiger partial charge is 0.497 e. The molecule has 0 aliphatic carbocycles. The van der Waals surface area contributed by atoms with Gasteiger partial charge in [-0.2, -0.15) is 0 Å². The van der Waals surface area contributed by atoms with Crippen molar-refractivity contribution in [3.05, 3.63) is 59.7 Å². The average molecular weight is 402 g/mol. The summed E-state index contributed by atoms with van der Waals surface area (Å²) in [7, 11) is 1.63. The predicted molar refractivity (Wildman–Crippen MR) is 100.0 cm³/mol. The van der Waals surface area contributed by atoms with E-state index in [1.807, 2.05) is 24.3 Å². The number of carbonyl (C=O) groups excluding carboxylic acids is 1. The minimum atomic E-state index is -0.504. The SMILES string of the molecule is COc1ccc(COC2COC3C2OC[C@H]3OC(=O)c2ccc(OO)cc2)cc1. The summed E-state index contributed by atoms with van der Waals surface area (Å²) >= 11 is 0. The lowest BCUT2D eigenvalue weighted by Crippen LogP contribution is -2.35. The summed E-state index contributed by atoms with van der Waals surface area (Å²) in [6.07, 6.45) is -1.38. The second-order valence-electron chi connectivity index (χ2n) is 6.85. The Labute approximate surface area is 167 Å². The van der Waals surface area contributed by atoms with E-state index in [4.69, 9.17) is 28.9 Å². The van der Waals surface area contributed by atoms with E-state index in [-0.39, 0.29) is 30.7 Å². The van der Waals surface area contributed by atoms with Crippen molar-refractivity contribution in [3.63, 3.8) is 0 Å². The van der Waals surface area contributed by atoms with Crippen molar-refractivity contribution in [1.29, 1.82) is 0 Å². The fraction of sp³-hybridized carbons (Fsp3) is 0.381. The van der Waals surface area contributed by atoms with Gasteiger partial charge in [-0.3, -0.25) is 0 Å². The molecule has 0 saturated carbocycles. The van der Waals surface area contributed by atoms with Crippen LogP contribution >= 0.6 is 0 Å². The highest BCUT2D eigenvalue weighted by atomic mass is 17.1. The Morgan fingerprint density at radius 3 is 2.24 bits per heavy atom. The average Bonchev–Trinajstić information content (AvgIpc) is 3.35. The van der Waals surface area contributed by atoms with Crippen molar-refractivity contribution < 1.29 is 38.6 Å². The molecule has 2 aromatic carbocycles. The van der Waals surface area contributed by atoms with E-state index in [1.54, 1.807) is 7.11 Å². The molecule has 29 heavy (non-hydrogen) atoms. The van der Waals surface area contributed by atoms with Crippen LogP contribution in [0, 0.1) is 0 Å². The molecule has 2 aliphatic rings. The van der Waals surface area contributed by atoms with Crippen molar-refractivity contribution in [2.45, 2.75) is 31.0 Å². The molecule has 2 aromatic rings. The van der Waals surface area contributed by atoms with Gasteiger partial charge in [-0.1, -0.05) is 12.1 Å². The highest BCUT2D eigenvalue weighted by Gasteiger charge is 2.50. The second-order valence-corrected chi connectivity index (χ2v) is 6.85. The molecule has 3 unspecified atom stereocenters. The summed E-state index contributed by atoms with van der Waals surface area (Å²) in [4.78, 5) is 16.5. The standard InChI is InChI=1S/C21H22O8/c1-24-15-6-2-13(3-7-15)10-25-17-11-26-20-18(12-27-19(17)20)28-21(22)14-4-8-16(29-23)9-5-14/h2-9,17-20,23H,10-12H2,1H3/t17?,18-,19?,20?/m1/s1. The summed E-state index contributed by atoms with van der Waals surface area (Å²) < 4.78 is 28.3. The van der Waals surface area contributed by atoms with E-state index >= 15 is 0 Å². The highest BCUT2D eigenvalue weighted by Crippen LogP contribution is 2.31. The Hall–Kier alpha value is -2.65. The number of rotatable bonds is 7. The minimum absolute atomic E-state index is 0.230. The molecular formula is C21H22O8. The van der Waals surface area contributed by atoms with Gasteiger partial charge >= 0.3 is 5.97 Å².